The van der Waals surface area contributed by atoms with E-state index in [1.807, 2.05) is 0 Å². The van der Waals surface area contributed by atoms with Crippen molar-refractivity contribution in [1.29, 1.82) is 0 Å². The number of rotatable bonds is 2. The van der Waals surface area contributed by atoms with E-state index in [0.29, 0.717) is 44.2 Å². The van der Waals surface area contributed by atoms with Gasteiger partial charge in [-0.15, -0.1) is 0 Å². The maximum atomic E-state index is 12.5. The Balaban J connectivity index is 1.78. The standard InChI is InChI=1S/C15H18N2O5/c18-14(16-20)10-1-2-11-8-17(4-6-22-13(11)7-10)15(19)12-3-5-21-9-12/h1-2,7,12,20H,3-6,8-9H2,(H,16,18)/t12-/m1/s1. The van der Waals surface area contributed by atoms with Crippen LogP contribution >= 0.6 is 0 Å². The molecule has 7 heteroatoms. The highest BCUT2D eigenvalue weighted by molar-refractivity contribution is 5.93. The maximum Gasteiger partial charge on any atom is 0.274 e. The van der Waals surface area contributed by atoms with Crippen LogP contribution in [0.2, 0.25) is 0 Å². The van der Waals surface area contributed by atoms with E-state index in [9.17, 15) is 9.59 Å². The van der Waals surface area contributed by atoms with E-state index in [2.05, 4.69) is 0 Å². The van der Waals surface area contributed by atoms with Crippen LogP contribution in [-0.2, 0) is 16.1 Å². The number of nitrogens with zero attached hydrogens (tertiary/aromatic N) is 1. The first-order chi connectivity index (χ1) is 10.7. The van der Waals surface area contributed by atoms with Crippen molar-refractivity contribution < 1.29 is 24.3 Å². The predicted octanol–water partition coefficient (Wildman–Crippen LogP) is 0.563. The molecule has 0 radical (unpaired) electrons. The largest absolute Gasteiger partial charge is 0.491 e. The highest BCUT2D eigenvalue weighted by Crippen LogP contribution is 2.26. The first-order valence-corrected chi connectivity index (χ1v) is 7.25. The second kappa shape index (κ2) is 6.33. The molecule has 1 aromatic rings. The summed E-state index contributed by atoms with van der Waals surface area (Å²) in [6.07, 6.45) is 0.763. The Morgan fingerprint density at radius 3 is 2.91 bits per heavy atom. The fourth-order valence-corrected chi connectivity index (χ4v) is 2.75. The molecule has 0 unspecified atom stereocenters. The lowest BCUT2D eigenvalue weighted by atomic mass is 10.1. The van der Waals surface area contributed by atoms with Gasteiger partial charge in [0.15, 0.2) is 0 Å². The number of hydroxylamine groups is 1. The predicted molar refractivity (Wildman–Crippen MR) is 75.5 cm³/mol. The highest BCUT2D eigenvalue weighted by atomic mass is 16.5. The van der Waals surface area contributed by atoms with Crippen LogP contribution in [0.4, 0.5) is 0 Å². The van der Waals surface area contributed by atoms with Crippen LogP contribution in [0, 0.1) is 5.92 Å². The van der Waals surface area contributed by atoms with Crippen LogP contribution in [-0.4, -0.2) is 48.3 Å². The fraction of sp³-hybridized carbons (Fsp3) is 0.467. The minimum Gasteiger partial charge on any atom is -0.491 e. The van der Waals surface area contributed by atoms with Crippen molar-refractivity contribution in [3.63, 3.8) is 0 Å². The summed E-state index contributed by atoms with van der Waals surface area (Å²) in [7, 11) is 0. The Labute approximate surface area is 127 Å². The third-order valence-corrected chi connectivity index (χ3v) is 4.00. The van der Waals surface area contributed by atoms with E-state index in [1.165, 1.54) is 0 Å². The molecular weight excluding hydrogens is 288 g/mol. The van der Waals surface area contributed by atoms with Gasteiger partial charge in [0.25, 0.3) is 5.91 Å². The number of carbonyl (C=O) groups is 2. The summed E-state index contributed by atoms with van der Waals surface area (Å²) in [4.78, 5) is 25.7. The van der Waals surface area contributed by atoms with Crippen molar-refractivity contribution in [3.05, 3.63) is 29.3 Å². The molecule has 7 nitrogen and oxygen atoms in total. The second-order valence-electron chi connectivity index (χ2n) is 5.43. The van der Waals surface area contributed by atoms with Gasteiger partial charge in [-0.1, -0.05) is 6.07 Å². The monoisotopic (exact) mass is 306 g/mol. The zero-order valence-corrected chi connectivity index (χ0v) is 12.1. The molecule has 3 rings (SSSR count). The molecule has 1 fully saturated rings. The van der Waals surface area contributed by atoms with Gasteiger partial charge in [0, 0.05) is 24.3 Å². The van der Waals surface area contributed by atoms with E-state index < -0.39 is 5.91 Å². The maximum absolute atomic E-state index is 12.5. The van der Waals surface area contributed by atoms with Gasteiger partial charge in [0.2, 0.25) is 5.91 Å². The molecule has 1 atom stereocenters. The van der Waals surface area contributed by atoms with Gasteiger partial charge in [0.05, 0.1) is 19.1 Å². The average Bonchev–Trinajstić information content (AvgIpc) is 2.99. The molecule has 0 bridgehead atoms. The van der Waals surface area contributed by atoms with Crippen LogP contribution in [0.25, 0.3) is 0 Å². The van der Waals surface area contributed by atoms with Crippen LogP contribution in [0.1, 0.15) is 22.3 Å². The molecule has 2 aliphatic rings. The van der Waals surface area contributed by atoms with Crippen LogP contribution in [0.3, 0.4) is 0 Å². The quantitative estimate of drug-likeness (QED) is 0.616. The topological polar surface area (TPSA) is 88.1 Å². The van der Waals surface area contributed by atoms with Crippen molar-refractivity contribution >= 4 is 11.8 Å². The Bertz CT molecular complexity index is 583. The van der Waals surface area contributed by atoms with Crippen LogP contribution in [0.15, 0.2) is 18.2 Å². The summed E-state index contributed by atoms with van der Waals surface area (Å²) in [5.41, 5.74) is 2.75. The minimum absolute atomic E-state index is 0.0685. The van der Waals surface area contributed by atoms with Gasteiger partial charge < -0.3 is 14.4 Å². The van der Waals surface area contributed by atoms with Gasteiger partial charge in [-0.2, -0.15) is 0 Å². The number of ether oxygens (including phenoxy) is 2. The number of hydrogen-bond acceptors (Lipinski definition) is 5. The molecule has 0 spiro atoms. The third kappa shape index (κ3) is 2.90. The van der Waals surface area contributed by atoms with E-state index in [4.69, 9.17) is 14.7 Å². The molecule has 2 heterocycles. The van der Waals surface area contributed by atoms with Crippen molar-refractivity contribution in [2.45, 2.75) is 13.0 Å². The van der Waals surface area contributed by atoms with Crippen molar-refractivity contribution in [2.24, 2.45) is 5.92 Å². The van der Waals surface area contributed by atoms with Crippen molar-refractivity contribution in [1.82, 2.24) is 10.4 Å². The van der Waals surface area contributed by atoms with Crippen molar-refractivity contribution in [2.75, 3.05) is 26.4 Å². The van der Waals surface area contributed by atoms with Gasteiger partial charge in [0.1, 0.15) is 12.4 Å². The first kappa shape index (κ1) is 14.8. The molecule has 0 saturated carbocycles. The Morgan fingerprint density at radius 1 is 1.32 bits per heavy atom. The Hall–Kier alpha value is -2.12. The van der Waals surface area contributed by atoms with E-state index >= 15 is 0 Å². The zero-order chi connectivity index (χ0) is 15.5. The number of carbonyl (C=O) groups excluding carboxylic acids is 2. The number of benzene rings is 1. The molecule has 2 amide bonds. The summed E-state index contributed by atoms with van der Waals surface area (Å²) >= 11 is 0. The van der Waals surface area contributed by atoms with Gasteiger partial charge >= 0.3 is 0 Å². The molecule has 22 heavy (non-hydrogen) atoms. The van der Waals surface area contributed by atoms with Crippen LogP contribution in [0.5, 0.6) is 5.75 Å². The SMILES string of the molecule is O=C(NO)c1ccc2c(c1)OCCN(C(=O)[C@@H]1CCOC1)C2. The van der Waals surface area contributed by atoms with Gasteiger partial charge in [-0.25, -0.2) is 5.48 Å². The third-order valence-electron chi connectivity index (χ3n) is 4.00. The molecule has 0 aliphatic carbocycles. The molecule has 2 N–H and O–H groups in total. The number of hydrogen-bond donors (Lipinski definition) is 2. The summed E-state index contributed by atoms with van der Waals surface area (Å²) in [6.45, 7) is 2.45. The minimum atomic E-state index is -0.591. The molecule has 1 aromatic carbocycles. The van der Waals surface area contributed by atoms with Crippen molar-refractivity contribution in [3.8, 4) is 5.75 Å². The highest BCUT2D eigenvalue weighted by Gasteiger charge is 2.29. The van der Waals surface area contributed by atoms with Crippen LogP contribution < -0.4 is 10.2 Å². The molecule has 0 aromatic heterocycles. The summed E-state index contributed by atoms with van der Waals surface area (Å²) < 4.78 is 10.9. The van der Waals surface area contributed by atoms with Gasteiger partial charge in [-0.3, -0.25) is 14.8 Å². The average molecular weight is 306 g/mol. The smallest absolute Gasteiger partial charge is 0.274 e. The summed E-state index contributed by atoms with van der Waals surface area (Å²) in [5.74, 6) is -0.00197. The Morgan fingerprint density at radius 2 is 2.18 bits per heavy atom. The molecule has 1 saturated heterocycles. The lowest BCUT2D eigenvalue weighted by Gasteiger charge is -2.22. The molecular formula is C15H18N2O5. The Kier molecular flexibility index (Phi) is 4.26. The molecule has 118 valence electrons. The van der Waals surface area contributed by atoms with E-state index in [-0.39, 0.29) is 11.8 Å². The first-order valence-electron chi connectivity index (χ1n) is 7.25. The summed E-state index contributed by atoms with van der Waals surface area (Å²) in [6, 6.07) is 4.92. The lowest BCUT2D eigenvalue weighted by molar-refractivity contribution is -0.136. The number of nitrogens with one attached hydrogen (secondary N) is 1. The summed E-state index contributed by atoms with van der Waals surface area (Å²) in [5, 5.41) is 8.68. The van der Waals surface area contributed by atoms with E-state index in [0.717, 1.165) is 12.0 Å². The fourth-order valence-electron chi connectivity index (χ4n) is 2.75. The zero-order valence-electron chi connectivity index (χ0n) is 12.1. The van der Waals surface area contributed by atoms with Gasteiger partial charge in [-0.05, 0) is 18.6 Å². The number of amides is 2. The number of fused-ring (bicyclic) bond motifs is 1. The lowest BCUT2D eigenvalue weighted by Crippen LogP contribution is -2.37. The molecule has 2 aliphatic heterocycles. The van der Waals surface area contributed by atoms with E-state index in [1.54, 1.807) is 28.6 Å². The normalized spacial score (nSPS) is 20.8. The second-order valence-corrected chi connectivity index (χ2v) is 5.43.